The number of imide groups is 1. The number of urea groups is 1. The van der Waals surface area contributed by atoms with Crippen LogP contribution in [0.1, 0.15) is 62.8 Å². The van der Waals surface area contributed by atoms with Crippen LogP contribution >= 0.6 is 0 Å². The molecule has 2 atom stereocenters. The van der Waals surface area contributed by atoms with Crippen molar-refractivity contribution in [2.45, 2.75) is 58.9 Å². The van der Waals surface area contributed by atoms with Crippen LogP contribution in [0.3, 0.4) is 0 Å². The maximum Gasteiger partial charge on any atom is 0.525 e. The van der Waals surface area contributed by atoms with Crippen molar-refractivity contribution in [3.63, 3.8) is 0 Å². The second-order valence-electron chi connectivity index (χ2n) is 12.7. The quantitative estimate of drug-likeness (QED) is 0.215. The predicted octanol–water partition coefficient (Wildman–Crippen LogP) is 6.81. The van der Waals surface area contributed by atoms with Gasteiger partial charge in [0.25, 0.3) is 0 Å². The highest BCUT2D eigenvalue weighted by atomic mass is 16.6. The maximum absolute atomic E-state index is 13.9. The van der Waals surface area contributed by atoms with Crippen molar-refractivity contribution < 1.29 is 38.2 Å². The second kappa shape index (κ2) is 13.5. The largest absolute Gasteiger partial charge is 0.525 e. The summed E-state index contributed by atoms with van der Waals surface area (Å²) in [6, 6.07) is 19.2. The molecule has 0 radical (unpaired) electrons. The van der Waals surface area contributed by atoms with Crippen LogP contribution in [-0.4, -0.2) is 54.5 Å². The molecule has 9 nitrogen and oxygen atoms in total. The van der Waals surface area contributed by atoms with Crippen molar-refractivity contribution in [2.75, 3.05) is 26.8 Å². The van der Waals surface area contributed by atoms with Gasteiger partial charge in [-0.05, 0) is 64.4 Å². The molecule has 9 heteroatoms. The van der Waals surface area contributed by atoms with E-state index in [4.69, 9.17) is 14.2 Å². The molecule has 2 N–H and O–H groups in total. The Hall–Kier alpha value is -4.37. The average molecular weight is 604 g/mol. The summed E-state index contributed by atoms with van der Waals surface area (Å²) < 4.78 is 16.2. The van der Waals surface area contributed by atoms with Crippen molar-refractivity contribution in [2.24, 2.45) is 5.92 Å². The monoisotopic (exact) mass is 603 g/mol. The number of carbonyl (C=O) groups excluding carboxylic acids is 3. The lowest BCUT2D eigenvalue weighted by Gasteiger charge is -2.36. The van der Waals surface area contributed by atoms with Crippen LogP contribution in [0.4, 0.5) is 9.59 Å². The zero-order valence-corrected chi connectivity index (χ0v) is 26.4. The molecule has 0 aliphatic carbocycles. The van der Waals surface area contributed by atoms with Gasteiger partial charge in [0, 0.05) is 18.5 Å². The average Bonchev–Trinajstić information content (AvgIpc) is 2.99. The number of carbonyl (C=O) groups is 3. The van der Waals surface area contributed by atoms with Gasteiger partial charge < -0.3 is 24.6 Å². The first kappa shape index (κ1) is 32.5. The third-order valence-corrected chi connectivity index (χ3v) is 7.85. The summed E-state index contributed by atoms with van der Waals surface area (Å²) in [4.78, 5) is 40.2. The molecule has 3 amide bonds. The van der Waals surface area contributed by atoms with Crippen LogP contribution in [0.5, 0.6) is 17.2 Å². The Morgan fingerprint density at radius 1 is 0.932 bits per heavy atom. The first-order chi connectivity index (χ1) is 20.8. The number of nitrogens with one attached hydrogen (secondary N) is 1. The first-order valence-corrected chi connectivity index (χ1v) is 14.9. The highest BCUT2D eigenvalue weighted by Crippen LogP contribution is 2.33. The summed E-state index contributed by atoms with van der Waals surface area (Å²) >= 11 is 0. The Morgan fingerprint density at radius 2 is 1.59 bits per heavy atom. The number of hydrogen-bond donors (Lipinski definition) is 2. The van der Waals surface area contributed by atoms with E-state index in [0.717, 1.165) is 11.1 Å². The number of phenolic OH excluding ortho intramolecular Hbond substituents is 1. The SMILES string of the molecule is COC(=O)C(CNC(=O)[N+]1(C(=O)OCC(C)C)CCc2ccc(Oc3ccc(C(C)(C)C)cc3)cc2C1)c1ccc(O)cc1. The molecule has 3 aromatic rings. The van der Waals surface area contributed by atoms with Gasteiger partial charge in [-0.15, -0.1) is 4.48 Å². The number of ether oxygens (including phenoxy) is 3. The Labute approximate surface area is 259 Å². The number of fused-ring (bicyclic) bond motifs is 1. The van der Waals surface area contributed by atoms with Crippen molar-refractivity contribution >= 4 is 18.1 Å². The summed E-state index contributed by atoms with van der Waals surface area (Å²) in [5, 5.41) is 12.5. The molecule has 0 aromatic heterocycles. The fourth-order valence-corrected chi connectivity index (χ4v) is 5.20. The number of phenols is 1. The van der Waals surface area contributed by atoms with Gasteiger partial charge >= 0.3 is 18.1 Å². The lowest BCUT2D eigenvalue weighted by Crippen LogP contribution is -2.63. The molecule has 0 saturated carbocycles. The summed E-state index contributed by atoms with van der Waals surface area (Å²) in [7, 11) is 1.27. The smallest absolute Gasteiger partial charge is 0.508 e. The van der Waals surface area contributed by atoms with Crippen LogP contribution in [-0.2, 0) is 32.6 Å². The van der Waals surface area contributed by atoms with E-state index in [-0.39, 0.29) is 43.3 Å². The van der Waals surface area contributed by atoms with E-state index in [1.165, 1.54) is 24.8 Å². The second-order valence-corrected chi connectivity index (χ2v) is 12.7. The molecule has 0 saturated heterocycles. The number of benzene rings is 3. The Morgan fingerprint density at radius 3 is 2.20 bits per heavy atom. The molecule has 1 aliphatic rings. The summed E-state index contributed by atoms with van der Waals surface area (Å²) in [5.41, 5.74) is 3.61. The van der Waals surface area contributed by atoms with Gasteiger partial charge in [0.1, 0.15) is 30.3 Å². The molecule has 234 valence electrons. The topological polar surface area (TPSA) is 111 Å². The van der Waals surface area contributed by atoms with E-state index >= 15 is 0 Å². The third kappa shape index (κ3) is 7.58. The molecular formula is C35H43N2O7+. The highest BCUT2D eigenvalue weighted by Gasteiger charge is 2.49. The zero-order chi connectivity index (χ0) is 32.1. The Balaban J connectivity index is 1.59. The molecule has 0 fully saturated rings. The zero-order valence-electron chi connectivity index (χ0n) is 26.4. The van der Waals surface area contributed by atoms with Gasteiger partial charge in [-0.2, -0.15) is 4.79 Å². The molecule has 1 aliphatic heterocycles. The molecule has 3 aromatic carbocycles. The number of methoxy groups -OCH3 is 1. The molecule has 4 rings (SSSR count). The van der Waals surface area contributed by atoms with Crippen LogP contribution in [0.15, 0.2) is 66.7 Å². The lowest BCUT2D eigenvalue weighted by molar-refractivity contribution is -0.794. The Kier molecular flexibility index (Phi) is 9.99. The van der Waals surface area contributed by atoms with E-state index in [0.29, 0.717) is 23.5 Å². The van der Waals surface area contributed by atoms with Gasteiger partial charge in [0.2, 0.25) is 0 Å². The lowest BCUT2D eigenvalue weighted by atomic mass is 9.87. The fraction of sp³-hybridized carbons (Fsp3) is 0.400. The summed E-state index contributed by atoms with van der Waals surface area (Å²) in [6.07, 6.45) is -0.177. The molecule has 1 heterocycles. The Bertz CT molecular complexity index is 1480. The van der Waals surface area contributed by atoms with Crippen molar-refractivity contribution in [1.29, 1.82) is 0 Å². The van der Waals surface area contributed by atoms with Crippen LogP contribution in [0, 0.1) is 5.92 Å². The van der Waals surface area contributed by atoms with Crippen molar-refractivity contribution in [3.8, 4) is 17.2 Å². The number of aromatic hydroxyl groups is 1. The number of esters is 1. The van der Waals surface area contributed by atoms with E-state index in [1.807, 2.05) is 56.3 Å². The third-order valence-electron chi connectivity index (χ3n) is 7.85. The fourth-order valence-electron chi connectivity index (χ4n) is 5.20. The van der Waals surface area contributed by atoms with Crippen LogP contribution in [0.2, 0.25) is 0 Å². The van der Waals surface area contributed by atoms with Crippen molar-refractivity contribution in [3.05, 3.63) is 89.0 Å². The standard InChI is InChI=1S/C35H42N2O7/c1-23(2)22-43-34(41)37(33(40)36-20-31(32(39)42-6)25-7-12-28(38)13-8-25)18-17-24-9-14-30(19-26(24)21-37)44-29-15-10-27(11-16-29)35(3,4)5/h7-16,19,23,31H,17-18,20-22H2,1-6H3,(H-,36,38,40)/p+1. The minimum atomic E-state index is -0.835. The van der Waals surface area contributed by atoms with Crippen LogP contribution < -0.4 is 10.1 Å². The van der Waals surface area contributed by atoms with Crippen molar-refractivity contribution in [1.82, 2.24) is 5.32 Å². The van der Waals surface area contributed by atoms with E-state index < -0.39 is 28.5 Å². The van der Waals surface area contributed by atoms with Crippen LogP contribution in [0.25, 0.3) is 0 Å². The summed E-state index contributed by atoms with van der Waals surface area (Å²) in [5.74, 6) is 0.0373. The normalized spacial score (nSPS) is 16.9. The van der Waals surface area contributed by atoms with E-state index in [1.54, 1.807) is 12.1 Å². The number of hydrogen-bond acceptors (Lipinski definition) is 7. The minimum Gasteiger partial charge on any atom is -0.508 e. The molecular weight excluding hydrogens is 560 g/mol. The van der Waals surface area contributed by atoms with E-state index in [2.05, 4.69) is 26.1 Å². The van der Waals surface area contributed by atoms with Gasteiger partial charge in [-0.1, -0.05) is 65.0 Å². The molecule has 44 heavy (non-hydrogen) atoms. The number of quaternary nitrogens is 1. The van der Waals surface area contributed by atoms with Gasteiger partial charge in [-0.3, -0.25) is 4.79 Å². The number of amides is 3. The molecule has 2 unspecified atom stereocenters. The van der Waals surface area contributed by atoms with Gasteiger partial charge in [0.15, 0.2) is 0 Å². The predicted molar refractivity (Wildman–Crippen MR) is 167 cm³/mol. The maximum atomic E-state index is 13.9. The van der Waals surface area contributed by atoms with Gasteiger partial charge in [0.05, 0.1) is 19.6 Å². The molecule has 0 spiro atoms. The minimum absolute atomic E-state index is 0.0251. The van der Waals surface area contributed by atoms with E-state index in [9.17, 15) is 19.5 Å². The summed E-state index contributed by atoms with van der Waals surface area (Å²) in [6.45, 7) is 10.7. The first-order valence-electron chi connectivity index (χ1n) is 14.9. The molecule has 0 bridgehead atoms. The van der Waals surface area contributed by atoms with Gasteiger partial charge in [-0.25, -0.2) is 4.79 Å². The number of nitrogens with zero attached hydrogens (tertiary/aromatic N) is 1. The number of rotatable bonds is 8. The highest BCUT2D eigenvalue weighted by molar-refractivity contribution is 5.82.